The first-order chi connectivity index (χ1) is 10.1. The highest BCUT2D eigenvalue weighted by Gasteiger charge is 2.19. The predicted molar refractivity (Wildman–Crippen MR) is 89.2 cm³/mol. The molecule has 1 heterocycles. The summed E-state index contributed by atoms with van der Waals surface area (Å²) in [5.41, 5.74) is 8.49. The summed E-state index contributed by atoms with van der Waals surface area (Å²) in [6, 6.07) is 12.4. The fourth-order valence-electron chi connectivity index (χ4n) is 2.18. The molecule has 3 rings (SSSR count). The minimum Gasteiger partial charge on any atom is -0.382 e. The Labute approximate surface area is 137 Å². The van der Waals surface area contributed by atoms with Crippen LogP contribution in [0.15, 0.2) is 51.4 Å². The van der Waals surface area contributed by atoms with Crippen LogP contribution in [0.4, 0.5) is 10.2 Å². The number of H-pyrrole nitrogens is 1. The van der Waals surface area contributed by atoms with E-state index < -0.39 is 0 Å². The zero-order valence-electron chi connectivity index (χ0n) is 10.7. The van der Waals surface area contributed by atoms with E-state index in [1.165, 1.54) is 6.07 Å². The van der Waals surface area contributed by atoms with Crippen LogP contribution in [0.2, 0.25) is 0 Å². The molecule has 106 valence electrons. The minimum absolute atomic E-state index is 0.336. The lowest BCUT2D eigenvalue weighted by molar-refractivity contribution is 0.630. The number of nitrogens with one attached hydrogen (secondary N) is 1. The Balaban J connectivity index is 2.24. The van der Waals surface area contributed by atoms with Gasteiger partial charge in [-0.05, 0) is 45.8 Å². The van der Waals surface area contributed by atoms with E-state index in [9.17, 15) is 4.39 Å². The van der Waals surface area contributed by atoms with Gasteiger partial charge in [-0.1, -0.05) is 34.1 Å². The molecule has 2 aromatic carbocycles. The van der Waals surface area contributed by atoms with Gasteiger partial charge in [0, 0.05) is 8.95 Å². The van der Waals surface area contributed by atoms with Crippen molar-refractivity contribution in [1.29, 1.82) is 0 Å². The number of aromatic nitrogens is 2. The first-order valence-electron chi connectivity index (χ1n) is 6.12. The van der Waals surface area contributed by atoms with Crippen molar-refractivity contribution < 1.29 is 4.39 Å². The number of benzene rings is 2. The predicted octanol–water partition coefficient (Wildman–Crippen LogP) is 4.99. The number of anilines is 1. The van der Waals surface area contributed by atoms with E-state index in [0.717, 1.165) is 10.0 Å². The van der Waals surface area contributed by atoms with Gasteiger partial charge < -0.3 is 5.73 Å². The molecule has 0 saturated heterocycles. The van der Waals surface area contributed by atoms with Crippen LogP contribution in [0.3, 0.4) is 0 Å². The van der Waals surface area contributed by atoms with E-state index in [2.05, 4.69) is 42.1 Å². The van der Waals surface area contributed by atoms with Crippen molar-refractivity contribution in [2.75, 3.05) is 5.73 Å². The zero-order chi connectivity index (χ0) is 15.0. The lowest BCUT2D eigenvalue weighted by Crippen LogP contribution is -1.91. The topological polar surface area (TPSA) is 54.7 Å². The smallest absolute Gasteiger partial charge is 0.153 e. The Morgan fingerprint density at radius 3 is 2.38 bits per heavy atom. The molecule has 0 fully saturated rings. The molecular weight excluding hydrogens is 401 g/mol. The first kappa shape index (κ1) is 14.3. The fourth-order valence-corrected chi connectivity index (χ4v) is 2.99. The maximum atomic E-state index is 14.2. The molecule has 6 heteroatoms. The molecule has 0 radical (unpaired) electrons. The van der Waals surface area contributed by atoms with Gasteiger partial charge >= 0.3 is 0 Å². The molecule has 0 aliphatic carbocycles. The first-order valence-corrected chi connectivity index (χ1v) is 7.70. The van der Waals surface area contributed by atoms with E-state index >= 15 is 0 Å². The molecule has 3 aromatic rings. The maximum absolute atomic E-state index is 14.2. The Kier molecular flexibility index (Phi) is 3.82. The summed E-state index contributed by atoms with van der Waals surface area (Å²) in [7, 11) is 0. The SMILES string of the molecule is Nc1n[nH]c(-c2c(F)cccc2Br)c1-c1ccc(Br)cc1. The molecule has 0 aliphatic heterocycles. The third kappa shape index (κ3) is 2.61. The standard InChI is InChI=1S/C15H10Br2FN3/c16-9-6-4-8(5-7-9)12-14(20-21-15(12)19)13-10(17)2-1-3-11(13)18/h1-7H,(H3,19,20,21). The molecular formula is C15H10Br2FN3. The molecule has 0 unspecified atom stereocenters. The summed E-state index contributed by atoms with van der Waals surface area (Å²) in [5, 5.41) is 6.86. The van der Waals surface area contributed by atoms with E-state index in [1.807, 2.05) is 24.3 Å². The van der Waals surface area contributed by atoms with Gasteiger partial charge in [-0.15, -0.1) is 0 Å². The summed E-state index contributed by atoms with van der Waals surface area (Å²) in [6.07, 6.45) is 0. The number of hydrogen-bond acceptors (Lipinski definition) is 2. The molecule has 0 saturated carbocycles. The number of nitrogens with zero attached hydrogens (tertiary/aromatic N) is 1. The lowest BCUT2D eigenvalue weighted by Gasteiger charge is -2.08. The van der Waals surface area contributed by atoms with Crippen LogP contribution in [0.1, 0.15) is 0 Å². The molecule has 0 amide bonds. The number of rotatable bonds is 2. The van der Waals surface area contributed by atoms with Crippen LogP contribution in [0.25, 0.3) is 22.4 Å². The molecule has 0 aliphatic rings. The normalized spacial score (nSPS) is 10.8. The number of aromatic amines is 1. The van der Waals surface area contributed by atoms with Crippen molar-refractivity contribution in [2.24, 2.45) is 0 Å². The quantitative estimate of drug-likeness (QED) is 0.625. The van der Waals surface area contributed by atoms with E-state index in [0.29, 0.717) is 27.1 Å². The van der Waals surface area contributed by atoms with Crippen molar-refractivity contribution in [2.45, 2.75) is 0 Å². The average molecular weight is 411 g/mol. The molecule has 21 heavy (non-hydrogen) atoms. The number of hydrogen-bond donors (Lipinski definition) is 2. The fraction of sp³-hybridized carbons (Fsp3) is 0. The second-order valence-corrected chi connectivity index (χ2v) is 6.23. The highest BCUT2D eigenvalue weighted by atomic mass is 79.9. The van der Waals surface area contributed by atoms with Gasteiger partial charge in [0.2, 0.25) is 0 Å². The van der Waals surface area contributed by atoms with Crippen LogP contribution in [-0.2, 0) is 0 Å². The van der Waals surface area contributed by atoms with Crippen molar-refractivity contribution in [3.63, 3.8) is 0 Å². The Morgan fingerprint density at radius 1 is 1.00 bits per heavy atom. The largest absolute Gasteiger partial charge is 0.382 e. The van der Waals surface area contributed by atoms with Gasteiger partial charge in [0.05, 0.1) is 16.8 Å². The summed E-state index contributed by atoms with van der Waals surface area (Å²) in [6.45, 7) is 0. The molecule has 3 nitrogen and oxygen atoms in total. The molecule has 0 bridgehead atoms. The summed E-state index contributed by atoms with van der Waals surface area (Å²) in [5.74, 6) is -0.00568. The van der Waals surface area contributed by atoms with Crippen LogP contribution in [0.5, 0.6) is 0 Å². The van der Waals surface area contributed by atoms with E-state index in [-0.39, 0.29) is 5.82 Å². The number of nitrogen functional groups attached to an aromatic ring is 1. The zero-order valence-corrected chi connectivity index (χ0v) is 13.9. The average Bonchev–Trinajstić information content (AvgIpc) is 2.82. The van der Waals surface area contributed by atoms with Gasteiger partial charge in [-0.3, -0.25) is 5.10 Å². The van der Waals surface area contributed by atoms with Gasteiger partial charge in [-0.2, -0.15) is 5.10 Å². The Bertz CT molecular complexity index is 777. The Hall–Kier alpha value is -1.66. The van der Waals surface area contributed by atoms with Crippen LogP contribution < -0.4 is 5.73 Å². The lowest BCUT2D eigenvalue weighted by atomic mass is 10.0. The third-order valence-corrected chi connectivity index (χ3v) is 4.33. The summed E-state index contributed by atoms with van der Waals surface area (Å²) >= 11 is 6.77. The summed E-state index contributed by atoms with van der Waals surface area (Å²) < 4.78 is 15.8. The third-order valence-electron chi connectivity index (χ3n) is 3.14. The minimum atomic E-state index is -0.341. The molecule has 0 atom stereocenters. The second kappa shape index (κ2) is 5.61. The van der Waals surface area contributed by atoms with Gasteiger partial charge in [0.15, 0.2) is 5.82 Å². The highest BCUT2D eigenvalue weighted by Crippen LogP contribution is 2.39. The van der Waals surface area contributed by atoms with Crippen molar-refractivity contribution in [3.8, 4) is 22.4 Å². The molecule has 1 aromatic heterocycles. The highest BCUT2D eigenvalue weighted by molar-refractivity contribution is 9.10. The van der Waals surface area contributed by atoms with Gasteiger partial charge in [-0.25, -0.2) is 4.39 Å². The van der Waals surface area contributed by atoms with Crippen molar-refractivity contribution in [1.82, 2.24) is 10.2 Å². The molecule has 0 spiro atoms. The van der Waals surface area contributed by atoms with E-state index in [1.54, 1.807) is 12.1 Å². The monoisotopic (exact) mass is 409 g/mol. The van der Waals surface area contributed by atoms with Gasteiger partial charge in [0.25, 0.3) is 0 Å². The number of halogens is 3. The number of nitrogens with two attached hydrogens (primary N) is 1. The van der Waals surface area contributed by atoms with E-state index in [4.69, 9.17) is 5.73 Å². The summed E-state index contributed by atoms with van der Waals surface area (Å²) in [4.78, 5) is 0. The van der Waals surface area contributed by atoms with Crippen LogP contribution in [-0.4, -0.2) is 10.2 Å². The van der Waals surface area contributed by atoms with Crippen molar-refractivity contribution >= 4 is 37.7 Å². The second-order valence-electron chi connectivity index (χ2n) is 4.46. The van der Waals surface area contributed by atoms with Crippen LogP contribution in [0, 0.1) is 5.82 Å². The van der Waals surface area contributed by atoms with Gasteiger partial charge in [0.1, 0.15) is 5.82 Å². The van der Waals surface area contributed by atoms with Crippen LogP contribution >= 0.6 is 31.9 Å². The van der Waals surface area contributed by atoms with Crippen molar-refractivity contribution in [3.05, 3.63) is 57.2 Å². The molecule has 3 N–H and O–H groups in total. The Morgan fingerprint density at radius 2 is 1.71 bits per heavy atom. The maximum Gasteiger partial charge on any atom is 0.153 e.